The fraction of sp³-hybridized carbons (Fsp3) is 0.467. The van der Waals surface area contributed by atoms with E-state index in [-0.39, 0.29) is 22.7 Å². The molecule has 3 aromatic rings. The highest BCUT2D eigenvalue weighted by molar-refractivity contribution is 5.98. The Bertz CT molecular complexity index is 1360. The molecule has 0 bridgehead atoms. The fourth-order valence-corrected chi connectivity index (χ4v) is 5.54. The summed E-state index contributed by atoms with van der Waals surface area (Å²) in [7, 11) is 0. The van der Waals surface area contributed by atoms with Crippen LogP contribution in [-0.4, -0.2) is 39.8 Å². The monoisotopic (exact) mass is 514 g/mol. The lowest BCUT2D eigenvalue weighted by Crippen LogP contribution is -2.34. The van der Waals surface area contributed by atoms with Crippen LogP contribution in [0, 0.1) is 5.41 Å². The van der Waals surface area contributed by atoms with Gasteiger partial charge in [0.15, 0.2) is 5.96 Å². The molecule has 38 heavy (non-hydrogen) atoms. The molecular formula is C30H38N6O2. The number of guanidine groups is 1. The van der Waals surface area contributed by atoms with Gasteiger partial charge in [0.25, 0.3) is 0 Å². The van der Waals surface area contributed by atoms with Gasteiger partial charge in [-0.15, -0.1) is 0 Å². The number of likely N-dealkylation sites (tertiary alicyclic amines) is 1. The van der Waals surface area contributed by atoms with Crippen molar-refractivity contribution in [2.24, 2.45) is 10.9 Å². The minimum Gasteiger partial charge on any atom is -0.391 e. The van der Waals surface area contributed by atoms with Crippen LogP contribution in [-0.2, 0) is 22.3 Å². The third-order valence-corrected chi connectivity index (χ3v) is 8.23. The van der Waals surface area contributed by atoms with Crippen molar-refractivity contribution >= 4 is 11.7 Å². The molecule has 0 unspecified atom stereocenters. The third kappa shape index (κ3) is 5.17. The standard InChI is InChI=1S/C30H38N6O2/c1-19(34-37-18-20-6-11-24-25(16-20)30(4,5)14-13-29(24,2)3)21-7-9-22(10-8-21)26-33-27(38-35-26)23-12-15-36(17-23)28(31)32/h6-11,16,23H,12-15,17-18H2,1-5H3,(H3,31,32)/b34-19+/t23-/m1/s1. The van der Waals surface area contributed by atoms with E-state index in [0.717, 1.165) is 35.4 Å². The average molecular weight is 515 g/mol. The molecule has 1 aliphatic carbocycles. The summed E-state index contributed by atoms with van der Waals surface area (Å²) >= 11 is 0. The van der Waals surface area contributed by atoms with E-state index in [1.807, 2.05) is 36.1 Å². The second kappa shape index (κ2) is 9.89. The van der Waals surface area contributed by atoms with Crippen LogP contribution in [0.2, 0.25) is 0 Å². The van der Waals surface area contributed by atoms with E-state index < -0.39 is 0 Å². The van der Waals surface area contributed by atoms with E-state index in [0.29, 0.717) is 24.9 Å². The van der Waals surface area contributed by atoms with Crippen LogP contribution in [0.25, 0.3) is 11.4 Å². The van der Waals surface area contributed by atoms with Crippen LogP contribution in [0.4, 0.5) is 0 Å². The lowest BCUT2D eigenvalue weighted by atomic mass is 9.63. The zero-order valence-electron chi connectivity index (χ0n) is 23.0. The maximum Gasteiger partial charge on any atom is 0.231 e. The van der Waals surface area contributed by atoms with Gasteiger partial charge in [0.05, 0.1) is 11.6 Å². The summed E-state index contributed by atoms with van der Waals surface area (Å²) in [6.07, 6.45) is 3.24. The Morgan fingerprint density at radius 1 is 1.11 bits per heavy atom. The number of nitrogens with two attached hydrogens (primary N) is 1. The highest BCUT2D eigenvalue weighted by Crippen LogP contribution is 2.46. The van der Waals surface area contributed by atoms with Crippen LogP contribution < -0.4 is 5.73 Å². The number of hydrogen-bond acceptors (Lipinski definition) is 6. The summed E-state index contributed by atoms with van der Waals surface area (Å²) < 4.78 is 5.52. The largest absolute Gasteiger partial charge is 0.391 e. The molecule has 3 N–H and O–H groups in total. The molecule has 8 nitrogen and oxygen atoms in total. The maximum atomic E-state index is 7.60. The average Bonchev–Trinajstić information content (AvgIpc) is 3.57. The number of hydrogen-bond donors (Lipinski definition) is 2. The first-order chi connectivity index (χ1) is 18.0. The summed E-state index contributed by atoms with van der Waals surface area (Å²) in [6, 6.07) is 14.7. The summed E-state index contributed by atoms with van der Waals surface area (Å²) in [5, 5.41) is 16.1. The highest BCUT2D eigenvalue weighted by atomic mass is 16.6. The Kier molecular flexibility index (Phi) is 6.75. The Hall–Kier alpha value is -3.68. The molecule has 0 spiro atoms. The summed E-state index contributed by atoms with van der Waals surface area (Å²) in [5.41, 5.74) is 12.7. The molecule has 1 fully saturated rings. The van der Waals surface area contributed by atoms with Crippen molar-refractivity contribution in [3.05, 3.63) is 70.6 Å². The summed E-state index contributed by atoms with van der Waals surface area (Å²) in [6.45, 7) is 13.1. The molecule has 1 atom stereocenters. The Morgan fingerprint density at radius 3 is 2.50 bits per heavy atom. The number of nitrogens with zero attached hydrogens (tertiary/aromatic N) is 4. The predicted octanol–water partition coefficient (Wildman–Crippen LogP) is 5.71. The molecule has 0 amide bonds. The number of aromatic nitrogens is 2. The second-order valence-corrected chi connectivity index (χ2v) is 11.9. The molecule has 0 radical (unpaired) electrons. The molecule has 5 rings (SSSR count). The van der Waals surface area contributed by atoms with Gasteiger partial charge >= 0.3 is 0 Å². The van der Waals surface area contributed by atoms with Crippen molar-refractivity contribution in [3.8, 4) is 11.4 Å². The lowest BCUT2D eigenvalue weighted by molar-refractivity contribution is 0.130. The van der Waals surface area contributed by atoms with Gasteiger partial charge in [-0.3, -0.25) is 5.41 Å². The van der Waals surface area contributed by atoms with Crippen LogP contribution in [0.1, 0.15) is 87.9 Å². The van der Waals surface area contributed by atoms with Gasteiger partial charge < -0.3 is 20.0 Å². The topological polar surface area (TPSA) is 114 Å². The van der Waals surface area contributed by atoms with Gasteiger partial charge in [0.2, 0.25) is 11.7 Å². The SMILES string of the molecule is C/C(=N\OCc1ccc2c(c1)C(C)(C)CCC2(C)C)c1ccc(-c2noc([C@@H]3CCN(C(=N)N)C3)n2)cc1. The van der Waals surface area contributed by atoms with Gasteiger partial charge in [-0.1, -0.05) is 80.5 Å². The molecule has 1 aliphatic heterocycles. The van der Waals surface area contributed by atoms with Crippen molar-refractivity contribution in [2.45, 2.75) is 77.2 Å². The predicted molar refractivity (Wildman–Crippen MR) is 149 cm³/mol. The van der Waals surface area contributed by atoms with Gasteiger partial charge in [-0.05, 0) is 59.3 Å². The van der Waals surface area contributed by atoms with E-state index >= 15 is 0 Å². The quantitative estimate of drug-likeness (QED) is 0.247. The lowest BCUT2D eigenvalue weighted by Gasteiger charge is -2.42. The highest BCUT2D eigenvalue weighted by Gasteiger charge is 2.37. The van der Waals surface area contributed by atoms with Crippen molar-refractivity contribution in [1.29, 1.82) is 5.41 Å². The fourth-order valence-electron chi connectivity index (χ4n) is 5.54. The zero-order chi connectivity index (χ0) is 27.1. The van der Waals surface area contributed by atoms with E-state index in [4.69, 9.17) is 20.5 Å². The first kappa shape index (κ1) is 25.9. The molecule has 2 aliphatic rings. The number of benzene rings is 2. The third-order valence-electron chi connectivity index (χ3n) is 8.23. The smallest absolute Gasteiger partial charge is 0.231 e. The van der Waals surface area contributed by atoms with Crippen LogP contribution in [0.3, 0.4) is 0 Å². The number of fused-ring (bicyclic) bond motifs is 1. The van der Waals surface area contributed by atoms with Crippen molar-refractivity contribution < 1.29 is 9.36 Å². The van der Waals surface area contributed by atoms with Gasteiger partial charge in [0, 0.05) is 18.7 Å². The molecule has 0 saturated carbocycles. The van der Waals surface area contributed by atoms with E-state index in [1.54, 1.807) is 0 Å². The van der Waals surface area contributed by atoms with Crippen LogP contribution in [0.5, 0.6) is 0 Å². The van der Waals surface area contributed by atoms with E-state index in [9.17, 15) is 0 Å². The number of oxime groups is 1. The second-order valence-electron chi connectivity index (χ2n) is 11.9. The molecule has 8 heteroatoms. The van der Waals surface area contributed by atoms with Gasteiger partial charge in [-0.25, -0.2) is 0 Å². The Labute approximate surface area is 224 Å². The Balaban J connectivity index is 1.22. The first-order valence-electron chi connectivity index (χ1n) is 13.4. The minimum atomic E-state index is 0.0829. The molecule has 1 saturated heterocycles. The maximum absolute atomic E-state index is 7.60. The Morgan fingerprint density at radius 2 is 1.82 bits per heavy atom. The zero-order valence-corrected chi connectivity index (χ0v) is 23.0. The van der Waals surface area contributed by atoms with Gasteiger partial charge in [-0.2, -0.15) is 4.98 Å². The molecular weight excluding hydrogens is 476 g/mol. The molecule has 200 valence electrons. The molecule has 2 heterocycles. The number of nitrogens with one attached hydrogen (secondary N) is 1. The minimum absolute atomic E-state index is 0.0829. The first-order valence-corrected chi connectivity index (χ1v) is 13.4. The molecule has 1 aromatic heterocycles. The summed E-state index contributed by atoms with van der Waals surface area (Å²) in [4.78, 5) is 12.2. The van der Waals surface area contributed by atoms with Crippen LogP contribution in [0.15, 0.2) is 52.1 Å². The normalized spacial score (nSPS) is 20.3. The van der Waals surface area contributed by atoms with E-state index in [2.05, 4.69) is 61.2 Å². The van der Waals surface area contributed by atoms with Crippen molar-refractivity contribution in [2.75, 3.05) is 13.1 Å². The molecule has 2 aromatic carbocycles. The summed E-state index contributed by atoms with van der Waals surface area (Å²) in [5.74, 6) is 1.32. The van der Waals surface area contributed by atoms with Gasteiger partial charge in [0.1, 0.15) is 6.61 Å². The van der Waals surface area contributed by atoms with Crippen molar-refractivity contribution in [1.82, 2.24) is 15.0 Å². The number of rotatable bonds is 6. The van der Waals surface area contributed by atoms with Crippen molar-refractivity contribution in [3.63, 3.8) is 0 Å². The van der Waals surface area contributed by atoms with Crippen LogP contribution >= 0.6 is 0 Å². The van der Waals surface area contributed by atoms with E-state index in [1.165, 1.54) is 24.0 Å².